The van der Waals surface area contributed by atoms with Gasteiger partial charge >= 0.3 is 0 Å². The molecule has 1 fully saturated rings. The number of benzene rings is 3. The zero-order valence-electron chi connectivity index (χ0n) is 24.1. The van der Waals surface area contributed by atoms with Gasteiger partial charge < -0.3 is 23.8 Å². The average molecular weight is 607 g/mol. The van der Waals surface area contributed by atoms with Gasteiger partial charge in [-0.3, -0.25) is 9.59 Å². The van der Waals surface area contributed by atoms with E-state index in [2.05, 4.69) is 4.90 Å². The largest absolute Gasteiger partial charge is 0.497 e. The summed E-state index contributed by atoms with van der Waals surface area (Å²) in [5.74, 6) is 1.02. The van der Waals surface area contributed by atoms with Gasteiger partial charge in [0.05, 0.1) is 32.0 Å². The number of halogens is 2. The number of aromatic nitrogens is 1. The SMILES string of the molecule is COc1ccc(N2CCN(C(=O)c3c(C(=O)c4ccc(C)cc4)c(C)cn3Cc3c(Cl)cccc3Cl)CC2)c(OC)c1. The van der Waals surface area contributed by atoms with Crippen molar-refractivity contribution in [3.05, 3.63) is 110 Å². The Labute approximate surface area is 256 Å². The van der Waals surface area contributed by atoms with E-state index in [-0.39, 0.29) is 18.2 Å². The number of ether oxygens (including phenoxy) is 2. The average Bonchev–Trinajstić information content (AvgIpc) is 3.33. The summed E-state index contributed by atoms with van der Waals surface area (Å²) in [5, 5.41) is 1.00. The van der Waals surface area contributed by atoms with Crippen LogP contribution in [0.4, 0.5) is 5.69 Å². The van der Waals surface area contributed by atoms with Crippen LogP contribution in [0.5, 0.6) is 11.5 Å². The molecule has 1 aromatic heterocycles. The molecule has 4 aromatic rings. The molecule has 0 bridgehead atoms. The Kier molecular flexibility index (Phi) is 8.80. The van der Waals surface area contributed by atoms with Gasteiger partial charge in [0, 0.05) is 59.6 Å². The number of piperazine rings is 1. The van der Waals surface area contributed by atoms with E-state index in [1.165, 1.54) is 0 Å². The molecule has 218 valence electrons. The van der Waals surface area contributed by atoms with Gasteiger partial charge in [-0.15, -0.1) is 0 Å². The van der Waals surface area contributed by atoms with Crippen molar-refractivity contribution in [2.24, 2.45) is 0 Å². The molecule has 5 rings (SSSR count). The lowest BCUT2D eigenvalue weighted by Gasteiger charge is -2.37. The van der Waals surface area contributed by atoms with Crippen LogP contribution in [0, 0.1) is 13.8 Å². The number of hydrogen-bond donors (Lipinski definition) is 0. The Hall–Kier alpha value is -3.94. The summed E-state index contributed by atoms with van der Waals surface area (Å²) in [6.07, 6.45) is 1.84. The second-order valence-electron chi connectivity index (χ2n) is 10.4. The summed E-state index contributed by atoms with van der Waals surface area (Å²) in [7, 11) is 3.25. The maximum Gasteiger partial charge on any atom is 0.271 e. The minimum absolute atomic E-state index is 0.193. The Balaban J connectivity index is 1.48. The van der Waals surface area contributed by atoms with Gasteiger partial charge in [-0.25, -0.2) is 0 Å². The number of anilines is 1. The fraction of sp³-hybridized carbons (Fsp3) is 0.273. The predicted molar refractivity (Wildman–Crippen MR) is 167 cm³/mol. The standard InChI is InChI=1S/C33H33Cl2N3O4/c1-21-8-10-23(11-9-21)32(39)30-22(2)19-38(20-25-26(34)6-5-7-27(25)35)31(30)33(40)37-16-14-36(15-17-37)28-13-12-24(41-3)18-29(28)42-4/h5-13,18-19H,14-17,20H2,1-4H3. The van der Waals surface area contributed by atoms with E-state index in [4.69, 9.17) is 32.7 Å². The van der Waals surface area contributed by atoms with E-state index in [0.717, 1.165) is 11.3 Å². The van der Waals surface area contributed by atoms with E-state index >= 15 is 0 Å². The third-order valence-electron chi connectivity index (χ3n) is 7.70. The molecule has 7 nitrogen and oxygen atoms in total. The number of methoxy groups -OCH3 is 2. The van der Waals surface area contributed by atoms with E-state index in [1.54, 1.807) is 49.5 Å². The molecule has 1 aliphatic rings. The van der Waals surface area contributed by atoms with E-state index in [0.29, 0.717) is 75.7 Å². The number of amides is 1. The fourth-order valence-electron chi connectivity index (χ4n) is 5.38. The molecule has 2 heterocycles. The summed E-state index contributed by atoms with van der Waals surface area (Å²) in [5.41, 5.74) is 4.66. The number of carbonyl (C=O) groups excluding carboxylic acids is 2. The van der Waals surface area contributed by atoms with Crippen molar-refractivity contribution in [3.63, 3.8) is 0 Å². The Morgan fingerprint density at radius 2 is 1.52 bits per heavy atom. The van der Waals surface area contributed by atoms with Crippen molar-refractivity contribution in [3.8, 4) is 11.5 Å². The van der Waals surface area contributed by atoms with Crippen molar-refractivity contribution in [1.82, 2.24) is 9.47 Å². The number of ketones is 1. The summed E-state index contributed by atoms with van der Waals surface area (Å²) in [4.78, 5) is 32.2. The van der Waals surface area contributed by atoms with Crippen LogP contribution in [-0.2, 0) is 6.54 Å². The molecular formula is C33H33Cl2N3O4. The first-order valence-electron chi connectivity index (χ1n) is 13.7. The lowest BCUT2D eigenvalue weighted by molar-refractivity contribution is 0.0732. The molecule has 1 amide bonds. The van der Waals surface area contributed by atoms with Crippen molar-refractivity contribution in [2.75, 3.05) is 45.3 Å². The summed E-state index contributed by atoms with van der Waals surface area (Å²) < 4.78 is 12.8. The molecular weight excluding hydrogens is 573 g/mol. The highest BCUT2D eigenvalue weighted by Gasteiger charge is 2.31. The first-order chi connectivity index (χ1) is 20.2. The van der Waals surface area contributed by atoms with Gasteiger partial charge in [-0.2, -0.15) is 0 Å². The Bertz CT molecular complexity index is 1600. The zero-order chi connectivity index (χ0) is 30.0. The quantitative estimate of drug-likeness (QED) is 0.210. The van der Waals surface area contributed by atoms with Gasteiger partial charge in [0.25, 0.3) is 5.91 Å². The number of rotatable bonds is 8. The molecule has 3 aromatic carbocycles. The maximum absolute atomic E-state index is 14.3. The van der Waals surface area contributed by atoms with Crippen molar-refractivity contribution in [1.29, 1.82) is 0 Å². The summed E-state index contributed by atoms with van der Waals surface area (Å²) >= 11 is 13.0. The first-order valence-corrected chi connectivity index (χ1v) is 14.5. The molecule has 42 heavy (non-hydrogen) atoms. The molecule has 0 atom stereocenters. The highest BCUT2D eigenvalue weighted by molar-refractivity contribution is 6.36. The molecule has 0 saturated carbocycles. The third kappa shape index (κ3) is 5.85. The van der Waals surface area contributed by atoms with Gasteiger partial charge in [0.1, 0.15) is 17.2 Å². The topological polar surface area (TPSA) is 64.0 Å². The van der Waals surface area contributed by atoms with Crippen LogP contribution < -0.4 is 14.4 Å². The second kappa shape index (κ2) is 12.5. The van der Waals surface area contributed by atoms with Gasteiger partial charge in [-0.05, 0) is 43.7 Å². The van der Waals surface area contributed by atoms with Gasteiger partial charge in [0.2, 0.25) is 0 Å². The lowest BCUT2D eigenvalue weighted by Crippen LogP contribution is -2.49. The van der Waals surface area contributed by atoms with Gasteiger partial charge in [-0.1, -0.05) is 59.1 Å². The molecule has 9 heteroatoms. The van der Waals surface area contributed by atoms with E-state index < -0.39 is 0 Å². The molecule has 0 N–H and O–H groups in total. The smallest absolute Gasteiger partial charge is 0.271 e. The number of aryl methyl sites for hydroxylation is 2. The van der Waals surface area contributed by atoms with Crippen molar-refractivity contribution in [2.45, 2.75) is 20.4 Å². The van der Waals surface area contributed by atoms with Crippen LogP contribution in [0.1, 0.15) is 43.1 Å². The molecule has 0 radical (unpaired) electrons. The fourth-order valence-corrected chi connectivity index (χ4v) is 5.90. The summed E-state index contributed by atoms with van der Waals surface area (Å²) in [6, 6.07) is 18.4. The zero-order valence-corrected chi connectivity index (χ0v) is 25.6. The minimum atomic E-state index is -0.205. The maximum atomic E-state index is 14.3. The highest BCUT2D eigenvalue weighted by Crippen LogP contribution is 2.34. The molecule has 0 spiro atoms. The van der Waals surface area contributed by atoms with Crippen molar-refractivity contribution < 1.29 is 19.1 Å². The summed E-state index contributed by atoms with van der Waals surface area (Å²) in [6.45, 7) is 6.24. The van der Waals surface area contributed by atoms with Crippen LogP contribution in [0.2, 0.25) is 10.0 Å². The first kappa shape index (κ1) is 29.5. The van der Waals surface area contributed by atoms with Crippen LogP contribution in [-0.4, -0.2) is 61.6 Å². The van der Waals surface area contributed by atoms with E-state index in [1.807, 2.05) is 54.9 Å². The predicted octanol–water partition coefficient (Wildman–Crippen LogP) is 6.67. The monoisotopic (exact) mass is 605 g/mol. The molecule has 1 saturated heterocycles. The molecule has 1 aliphatic heterocycles. The minimum Gasteiger partial charge on any atom is -0.497 e. The van der Waals surface area contributed by atoms with Crippen molar-refractivity contribution >= 4 is 40.6 Å². The number of nitrogens with zero attached hydrogens (tertiary/aromatic N) is 3. The van der Waals surface area contributed by atoms with E-state index in [9.17, 15) is 9.59 Å². The van der Waals surface area contributed by atoms with Crippen LogP contribution in [0.25, 0.3) is 0 Å². The normalized spacial score (nSPS) is 13.3. The Morgan fingerprint density at radius 1 is 0.857 bits per heavy atom. The lowest BCUT2D eigenvalue weighted by atomic mass is 9.99. The van der Waals surface area contributed by atoms with Crippen LogP contribution in [0.3, 0.4) is 0 Å². The molecule has 0 aliphatic carbocycles. The highest BCUT2D eigenvalue weighted by atomic mass is 35.5. The number of hydrogen-bond acceptors (Lipinski definition) is 5. The number of carbonyl (C=O) groups is 2. The van der Waals surface area contributed by atoms with Gasteiger partial charge in [0.15, 0.2) is 5.78 Å². The second-order valence-corrected chi connectivity index (χ2v) is 11.2. The third-order valence-corrected chi connectivity index (χ3v) is 8.40. The van der Waals surface area contributed by atoms with Crippen LogP contribution >= 0.6 is 23.2 Å². The molecule has 0 unspecified atom stereocenters. The Morgan fingerprint density at radius 3 is 2.14 bits per heavy atom. The van der Waals surface area contributed by atoms with Crippen LogP contribution in [0.15, 0.2) is 66.9 Å².